The number of aryl methyl sites for hydroxylation is 2. The molecule has 0 atom stereocenters. The lowest BCUT2D eigenvalue weighted by Crippen LogP contribution is -2.40. The minimum absolute atomic E-state index is 0.119. The molecule has 0 fully saturated rings. The summed E-state index contributed by atoms with van der Waals surface area (Å²) < 4.78 is 6.54. The van der Waals surface area contributed by atoms with E-state index in [4.69, 9.17) is 4.74 Å². The Morgan fingerprint density at radius 2 is 0.978 bits per heavy atom. The molecule has 9 rings (SSSR count). The predicted molar refractivity (Wildman–Crippen MR) is 176 cm³/mol. The minimum Gasteiger partial charge on any atom is -0.457 e. The van der Waals surface area contributed by atoms with Gasteiger partial charge in [0.1, 0.15) is 11.5 Å². The van der Waals surface area contributed by atoms with Gasteiger partial charge in [0, 0.05) is 39.1 Å². The Morgan fingerprint density at radius 1 is 0.489 bits per heavy atom. The van der Waals surface area contributed by atoms with Crippen LogP contribution in [0.2, 0.25) is 0 Å². The number of ether oxygens (including phenoxy) is 1. The van der Waals surface area contributed by atoms with E-state index in [9.17, 15) is 9.59 Å². The number of anilines is 3. The van der Waals surface area contributed by atoms with Crippen LogP contribution in [0.1, 0.15) is 65.2 Å². The summed E-state index contributed by atoms with van der Waals surface area (Å²) in [4.78, 5) is 29.5. The van der Waals surface area contributed by atoms with Crippen molar-refractivity contribution in [1.82, 2.24) is 0 Å². The highest BCUT2D eigenvalue weighted by Gasteiger charge is 2.51. The van der Waals surface area contributed by atoms with E-state index in [0.29, 0.717) is 22.3 Å². The van der Waals surface area contributed by atoms with Crippen LogP contribution in [0.15, 0.2) is 127 Å². The normalized spacial score (nSPS) is 14.8. The molecule has 2 aliphatic heterocycles. The maximum Gasteiger partial charge on any atom is 0.194 e. The number of ketones is 2. The molecule has 0 saturated carbocycles. The van der Waals surface area contributed by atoms with Crippen LogP contribution in [0, 0.1) is 13.8 Å². The lowest BCUT2D eigenvalue weighted by Gasteiger charge is -2.49. The van der Waals surface area contributed by atoms with Crippen molar-refractivity contribution in [3.63, 3.8) is 0 Å². The van der Waals surface area contributed by atoms with Crippen LogP contribution in [-0.2, 0) is 5.41 Å². The first kappa shape index (κ1) is 25.7. The molecule has 2 heterocycles. The van der Waals surface area contributed by atoms with Gasteiger partial charge in [-0.05, 0) is 67.4 Å². The molecule has 1 spiro atoms. The fourth-order valence-corrected chi connectivity index (χ4v) is 7.64. The number of nitrogens with zero attached hydrogens (tertiary/aromatic N) is 1. The molecule has 0 aromatic heterocycles. The van der Waals surface area contributed by atoms with Gasteiger partial charge in [0.15, 0.2) is 11.6 Å². The van der Waals surface area contributed by atoms with Crippen molar-refractivity contribution >= 4 is 28.6 Å². The van der Waals surface area contributed by atoms with Gasteiger partial charge in [-0.1, -0.05) is 96.1 Å². The van der Waals surface area contributed by atoms with Crippen molar-refractivity contribution in [2.75, 3.05) is 4.90 Å². The molecular weight excluding hydrogens is 554 g/mol. The van der Waals surface area contributed by atoms with Gasteiger partial charge in [-0.2, -0.15) is 0 Å². The lowest BCUT2D eigenvalue weighted by molar-refractivity contribution is 0.0979. The van der Waals surface area contributed by atoms with Crippen molar-refractivity contribution < 1.29 is 14.3 Å². The summed E-state index contributed by atoms with van der Waals surface area (Å²) in [5.41, 5.74) is 10.7. The Bertz CT molecular complexity index is 2180. The second-order valence-corrected chi connectivity index (χ2v) is 12.2. The van der Waals surface area contributed by atoms with E-state index < -0.39 is 5.41 Å². The molecule has 0 amide bonds. The first-order chi connectivity index (χ1) is 22.0. The maximum absolute atomic E-state index is 13.8. The molecule has 4 heteroatoms. The summed E-state index contributed by atoms with van der Waals surface area (Å²) in [5.74, 6) is 1.42. The van der Waals surface area contributed by atoms with Gasteiger partial charge in [0.2, 0.25) is 0 Å². The second kappa shape index (κ2) is 9.13. The lowest BCUT2D eigenvalue weighted by atomic mass is 9.61. The van der Waals surface area contributed by atoms with Gasteiger partial charge >= 0.3 is 0 Å². The van der Waals surface area contributed by atoms with Crippen LogP contribution in [0.4, 0.5) is 17.1 Å². The van der Waals surface area contributed by atoms with Crippen molar-refractivity contribution in [3.05, 3.63) is 183 Å². The average molecular weight is 582 g/mol. The number of benzene rings is 6. The molecular formula is C41H27NO3. The fraction of sp³-hybridized carbons (Fsp3) is 0.0732. The highest BCUT2D eigenvalue weighted by Crippen LogP contribution is 2.63. The zero-order chi connectivity index (χ0) is 30.4. The van der Waals surface area contributed by atoms with Crippen molar-refractivity contribution in [3.8, 4) is 11.5 Å². The topological polar surface area (TPSA) is 46.6 Å². The Kier molecular flexibility index (Phi) is 5.22. The van der Waals surface area contributed by atoms with Gasteiger partial charge < -0.3 is 9.64 Å². The van der Waals surface area contributed by atoms with Crippen molar-refractivity contribution in [2.24, 2.45) is 0 Å². The highest BCUT2D eigenvalue weighted by atomic mass is 16.5. The van der Waals surface area contributed by atoms with Crippen LogP contribution in [0.5, 0.6) is 11.5 Å². The molecule has 1 aliphatic carbocycles. The number of rotatable bonds is 1. The van der Waals surface area contributed by atoms with Crippen LogP contribution in [-0.4, -0.2) is 11.6 Å². The van der Waals surface area contributed by atoms with Gasteiger partial charge in [0.25, 0.3) is 0 Å². The smallest absolute Gasteiger partial charge is 0.194 e. The number of carbonyl (C=O) groups is 2. The number of hydrogen-bond acceptors (Lipinski definition) is 4. The van der Waals surface area contributed by atoms with Crippen LogP contribution in [0.25, 0.3) is 0 Å². The summed E-state index contributed by atoms with van der Waals surface area (Å²) in [6.07, 6.45) is 0. The molecule has 0 bridgehead atoms. The minimum atomic E-state index is -0.649. The zero-order valence-electron chi connectivity index (χ0n) is 24.8. The van der Waals surface area contributed by atoms with E-state index in [1.807, 2.05) is 48.5 Å². The quantitative estimate of drug-likeness (QED) is 0.194. The van der Waals surface area contributed by atoms with E-state index >= 15 is 0 Å². The summed E-state index contributed by atoms with van der Waals surface area (Å²) in [6, 6.07) is 42.6. The van der Waals surface area contributed by atoms with Gasteiger partial charge in [-0.15, -0.1) is 0 Å². The summed E-state index contributed by atoms with van der Waals surface area (Å²) in [7, 11) is 0. The van der Waals surface area contributed by atoms with E-state index in [-0.39, 0.29) is 11.6 Å². The number of para-hydroxylation sites is 2. The Hall–Kier alpha value is -5.74. The fourth-order valence-electron chi connectivity index (χ4n) is 7.64. The van der Waals surface area contributed by atoms with Gasteiger partial charge in [0.05, 0.1) is 16.8 Å². The molecule has 6 aromatic carbocycles. The largest absolute Gasteiger partial charge is 0.457 e. The number of carbonyl (C=O) groups excluding carboxylic acids is 2. The van der Waals surface area contributed by atoms with Gasteiger partial charge in [-0.25, -0.2) is 0 Å². The molecule has 214 valence electrons. The summed E-state index contributed by atoms with van der Waals surface area (Å²) in [5, 5.41) is 0. The standard InChI is InChI=1S/C41H27NO3/c1-24-15-19-35-33(21-24)41(31-11-5-7-13-37(31)45-38-14-8-6-12-32(38)41)34-22-25(2)16-20-36(34)42(35)26-17-18-29-30(23-26)40(44)28-10-4-3-9-27(28)39(29)43/h3-23H,1-2H3. The Morgan fingerprint density at radius 3 is 1.56 bits per heavy atom. The van der Waals surface area contributed by atoms with E-state index in [0.717, 1.165) is 61.9 Å². The Balaban J connectivity index is 1.36. The summed E-state index contributed by atoms with van der Waals surface area (Å²) in [6.45, 7) is 4.25. The van der Waals surface area contributed by atoms with E-state index in [1.54, 1.807) is 18.2 Å². The Labute approximate surface area is 261 Å². The molecule has 6 aromatic rings. The van der Waals surface area contributed by atoms with E-state index in [1.165, 1.54) is 0 Å². The van der Waals surface area contributed by atoms with Crippen molar-refractivity contribution in [2.45, 2.75) is 19.3 Å². The average Bonchev–Trinajstić information content (AvgIpc) is 3.07. The summed E-state index contributed by atoms with van der Waals surface area (Å²) >= 11 is 0. The number of fused-ring (bicyclic) bond motifs is 10. The molecule has 0 N–H and O–H groups in total. The third kappa shape index (κ3) is 3.37. The van der Waals surface area contributed by atoms with Crippen LogP contribution in [0.3, 0.4) is 0 Å². The van der Waals surface area contributed by atoms with Crippen LogP contribution < -0.4 is 9.64 Å². The van der Waals surface area contributed by atoms with Crippen molar-refractivity contribution in [1.29, 1.82) is 0 Å². The monoisotopic (exact) mass is 581 g/mol. The first-order valence-electron chi connectivity index (χ1n) is 15.2. The third-order valence-electron chi connectivity index (χ3n) is 9.56. The third-order valence-corrected chi connectivity index (χ3v) is 9.56. The molecule has 0 radical (unpaired) electrons. The van der Waals surface area contributed by atoms with Crippen LogP contribution >= 0.6 is 0 Å². The molecule has 45 heavy (non-hydrogen) atoms. The molecule has 0 saturated heterocycles. The maximum atomic E-state index is 13.8. The van der Waals surface area contributed by atoms with E-state index in [2.05, 4.69) is 79.4 Å². The molecule has 0 unspecified atom stereocenters. The van der Waals surface area contributed by atoms with Gasteiger partial charge in [-0.3, -0.25) is 9.59 Å². The predicted octanol–water partition coefficient (Wildman–Crippen LogP) is 9.35. The highest BCUT2D eigenvalue weighted by molar-refractivity contribution is 6.28. The zero-order valence-corrected chi connectivity index (χ0v) is 24.8. The number of hydrogen-bond donors (Lipinski definition) is 0. The second-order valence-electron chi connectivity index (χ2n) is 12.2. The molecule has 4 nitrogen and oxygen atoms in total. The molecule has 3 aliphatic rings. The SMILES string of the molecule is Cc1ccc2c(c1)C1(c3ccccc3Oc3ccccc31)c1cc(C)ccc1N2c1ccc2c(c1)C(=O)c1ccccc1C2=O. The first-order valence-corrected chi connectivity index (χ1v) is 15.2.